The van der Waals surface area contributed by atoms with Crippen LogP contribution in [-0.4, -0.2) is 39.0 Å². The standard InChI is InChI=1S/C17H26N4S/c1-13(2)19(4)11-15-10-18-17-14(3)20(7-8-21(15)17)12-16-6-5-9-22-16/h5-6,9-10,13-14H,7-8,11-12H2,1-4H3/t14-/m1/s1. The molecule has 0 saturated carbocycles. The Bertz CT molecular complexity index is 602. The van der Waals surface area contributed by atoms with E-state index in [0.29, 0.717) is 12.1 Å². The largest absolute Gasteiger partial charge is 0.328 e. The summed E-state index contributed by atoms with van der Waals surface area (Å²) in [5.41, 5.74) is 1.34. The van der Waals surface area contributed by atoms with E-state index in [2.05, 4.69) is 65.9 Å². The molecule has 0 saturated heterocycles. The van der Waals surface area contributed by atoms with Crippen LogP contribution in [0.2, 0.25) is 0 Å². The Kier molecular flexibility index (Phi) is 4.66. The summed E-state index contributed by atoms with van der Waals surface area (Å²) in [6.07, 6.45) is 2.07. The van der Waals surface area contributed by atoms with Crippen LogP contribution in [0.15, 0.2) is 23.7 Å². The quantitative estimate of drug-likeness (QED) is 0.845. The Balaban J connectivity index is 1.74. The molecule has 3 heterocycles. The van der Waals surface area contributed by atoms with Crippen molar-refractivity contribution in [2.75, 3.05) is 13.6 Å². The molecule has 2 aromatic rings. The van der Waals surface area contributed by atoms with Crippen LogP contribution < -0.4 is 0 Å². The molecule has 1 aliphatic rings. The molecular formula is C17H26N4S. The van der Waals surface area contributed by atoms with Gasteiger partial charge in [-0.3, -0.25) is 9.80 Å². The van der Waals surface area contributed by atoms with Crippen molar-refractivity contribution in [2.24, 2.45) is 0 Å². The topological polar surface area (TPSA) is 24.3 Å². The second kappa shape index (κ2) is 6.52. The van der Waals surface area contributed by atoms with Gasteiger partial charge in [0.1, 0.15) is 5.82 Å². The molecule has 22 heavy (non-hydrogen) atoms. The van der Waals surface area contributed by atoms with Gasteiger partial charge in [-0.25, -0.2) is 4.98 Å². The highest BCUT2D eigenvalue weighted by Crippen LogP contribution is 2.28. The van der Waals surface area contributed by atoms with Crippen LogP contribution in [0.4, 0.5) is 0 Å². The number of nitrogens with zero attached hydrogens (tertiary/aromatic N) is 4. The summed E-state index contributed by atoms with van der Waals surface area (Å²) in [4.78, 5) is 11.1. The predicted octanol–water partition coefficient (Wildman–Crippen LogP) is 3.36. The summed E-state index contributed by atoms with van der Waals surface area (Å²) >= 11 is 1.84. The van der Waals surface area contributed by atoms with E-state index in [9.17, 15) is 0 Å². The van der Waals surface area contributed by atoms with Crippen molar-refractivity contribution in [1.82, 2.24) is 19.4 Å². The lowest BCUT2D eigenvalue weighted by atomic mass is 10.2. The Morgan fingerprint density at radius 3 is 2.91 bits per heavy atom. The van der Waals surface area contributed by atoms with Gasteiger partial charge in [-0.05, 0) is 39.3 Å². The summed E-state index contributed by atoms with van der Waals surface area (Å²) in [5.74, 6) is 1.22. The molecule has 0 N–H and O–H groups in total. The second-order valence-electron chi connectivity index (χ2n) is 6.49. The maximum Gasteiger partial charge on any atom is 0.126 e. The lowest BCUT2D eigenvalue weighted by molar-refractivity contribution is 0.154. The zero-order valence-electron chi connectivity index (χ0n) is 14.0. The fourth-order valence-electron chi connectivity index (χ4n) is 2.99. The van der Waals surface area contributed by atoms with E-state index in [1.165, 1.54) is 16.4 Å². The lowest BCUT2D eigenvalue weighted by Crippen LogP contribution is -2.37. The van der Waals surface area contributed by atoms with Gasteiger partial charge in [0.15, 0.2) is 0 Å². The van der Waals surface area contributed by atoms with E-state index in [4.69, 9.17) is 4.98 Å². The van der Waals surface area contributed by atoms with Crippen LogP contribution in [0.5, 0.6) is 0 Å². The van der Waals surface area contributed by atoms with Crippen molar-refractivity contribution in [2.45, 2.75) is 52.5 Å². The molecule has 4 nitrogen and oxygen atoms in total. The summed E-state index contributed by atoms with van der Waals surface area (Å²) in [7, 11) is 2.18. The lowest BCUT2D eigenvalue weighted by Gasteiger charge is -2.34. The first-order valence-corrected chi connectivity index (χ1v) is 8.95. The first-order valence-electron chi connectivity index (χ1n) is 8.07. The summed E-state index contributed by atoms with van der Waals surface area (Å²) in [6, 6.07) is 5.30. The van der Waals surface area contributed by atoms with Crippen LogP contribution >= 0.6 is 11.3 Å². The van der Waals surface area contributed by atoms with Crippen molar-refractivity contribution in [3.8, 4) is 0 Å². The Morgan fingerprint density at radius 1 is 1.41 bits per heavy atom. The minimum absolute atomic E-state index is 0.383. The Hall–Kier alpha value is -1.17. The van der Waals surface area contributed by atoms with Crippen molar-refractivity contribution in [3.05, 3.63) is 40.1 Å². The van der Waals surface area contributed by atoms with E-state index in [0.717, 1.165) is 26.2 Å². The fraction of sp³-hybridized carbons (Fsp3) is 0.588. The molecule has 0 aromatic carbocycles. The van der Waals surface area contributed by atoms with Gasteiger partial charge in [0.25, 0.3) is 0 Å². The minimum Gasteiger partial charge on any atom is -0.328 e. The van der Waals surface area contributed by atoms with Gasteiger partial charge in [0.05, 0.1) is 11.7 Å². The number of fused-ring (bicyclic) bond motifs is 1. The summed E-state index contributed by atoms with van der Waals surface area (Å²) in [6.45, 7) is 10.9. The average Bonchev–Trinajstić information content (AvgIpc) is 3.12. The monoisotopic (exact) mass is 318 g/mol. The van der Waals surface area contributed by atoms with Crippen molar-refractivity contribution in [3.63, 3.8) is 0 Å². The number of aromatic nitrogens is 2. The average molecular weight is 318 g/mol. The molecule has 0 radical (unpaired) electrons. The molecule has 1 aliphatic heterocycles. The molecule has 0 amide bonds. The third-order valence-corrected chi connectivity index (χ3v) is 5.59. The van der Waals surface area contributed by atoms with Crippen LogP contribution in [0.25, 0.3) is 0 Å². The highest BCUT2D eigenvalue weighted by atomic mass is 32.1. The van der Waals surface area contributed by atoms with Gasteiger partial charge in [-0.2, -0.15) is 0 Å². The molecule has 1 atom stereocenters. The zero-order chi connectivity index (χ0) is 15.7. The first-order chi connectivity index (χ1) is 10.6. The number of imidazole rings is 1. The third kappa shape index (κ3) is 3.12. The molecule has 0 unspecified atom stereocenters. The first kappa shape index (κ1) is 15.7. The van der Waals surface area contributed by atoms with Crippen molar-refractivity contribution in [1.29, 1.82) is 0 Å². The normalized spacial score (nSPS) is 19.1. The van der Waals surface area contributed by atoms with Crippen molar-refractivity contribution >= 4 is 11.3 Å². The molecular weight excluding hydrogens is 292 g/mol. The van der Waals surface area contributed by atoms with Gasteiger partial charge in [0.2, 0.25) is 0 Å². The Morgan fingerprint density at radius 2 is 2.23 bits per heavy atom. The summed E-state index contributed by atoms with van der Waals surface area (Å²) < 4.78 is 2.43. The number of thiophene rings is 1. The van der Waals surface area contributed by atoms with Crippen molar-refractivity contribution < 1.29 is 0 Å². The molecule has 0 aliphatic carbocycles. The SMILES string of the molecule is CC(C)N(C)Cc1cnc2n1CCN(Cc1cccs1)[C@@H]2C. The predicted molar refractivity (Wildman–Crippen MR) is 92.0 cm³/mol. The van der Waals surface area contributed by atoms with Gasteiger partial charge in [-0.1, -0.05) is 6.07 Å². The van der Waals surface area contributed by atoms with Crippen LogP contribution in [-0.2, 0) is 19.6 Å². The van der Waals surface area contributed by atoms with Gasteiger partial charge in [-0.15, -0.1) is 11.3 Å². The molecule has 120 valence electrons. The van der Waals surface area contributed by atoms with Gasteiger partial charge < -0.3 is 4.57 Å². The maximum absolute atomic E-state index is 4.73. The number of hydrogen-bond donors (Lipinski definition) is 0. The molecule has 0 spiro atoms. The van der Waals surface area contributed by atoms with Gasteiger partial charge >= 0.3 is 0 Å². The fourth-order valence-corrected chi connectivity index (χ4v) is 3.72. The number of rotatable bonds is 5. The maximum atomic E-state index is 4.73. The van der Waals surface area contributed by atoms with Crippen LogP contribution in [0.1, 0.15) is 43.2 Å². The van der Waals surface area contributed by atoms with Gasteiger partial charge in [0, 0.05) is 43.3 Å². The smallest absolute Gasteiger partial charge is 0.126 e. The second-order valence-corrected chi connectivity index (χ2v) is 7.53. The zero-order valence-corrected chi connectivity index (χ0v) is 14.8. The van der Waals surface area contributed by atoms with Crippen LogP contribution in [0.3, 0.4) is 0 Å². The third-order valence-electron chi connectivity index (χ3n) is 4.73. The van der Waals surface area contributed by atoms with E-state index in [-0.39, 0.29) is 0 Å². The molecule has 5 heteroatoms. The summed E-state index contributed by atoms with van der Waals surface area (Å²) in [5, 5.41) is 2.16. The van der Waals surface area contributed by atoms with E-state index in [1.54, 1.807) is 0 Å². The van der Waals surface area contributed by atoms with Crippen LogP contribution in [0, 0.1) is 0 Å². The molecule has 0 bridgehead atoms. The Labute approximate surface area is 137 Å². The molecule has 0 fully saturated rings. The number of hydrogen-bond acceptors (Lipinski definition) is 4. The minimum atomic E-state index is 0.383. The van der Waals surface area contributed by atoms with E-state index < -0.39 is 0 Å². The highest BCUT2D eigenvalue weighted by Gasteiger charge is 2.27. The van der Waals surface area contributed by atoms with E-state index in [1.807, 2.05) is 11.3 Å². The molecule has 2 aromatic heterocycles. The molecule has 3 rings (SSSR count). The highest BCUT2D eigenvalue weighted by molar-refractivity contribution is 7.09. The van der Waals surface area contributed by atoms with E-state index >= 15 is 0 Å².